The lowest BCUT2D eigenvalue weighted by molar-refractivity contribution is -0.116. The van der Waals surface area contributed by atoms with Crippen molar-refractivity contribution in [2.45, 2.75) is 17.2 Å². The summed E-state index contributed by atoms with van der Waals surface area (Å²) >= 11 is 14.2. The first-order valence-electron chi connectivity index (χ1n) is 9.70. The van der Waals surface area contributed by atoms with Gasteiger partial charge < -0.3 is 15.2 Å². The topological polar surface area (TPSA) is 136 Å². The molecule has 2 N–H and O–H groups in total. The van der Waals surface area contributed by atoms with Crippen molar-refractivity contribution in [2.75, 3.05) is 16.4 Å². The number of aromatic nitrogens is 5. The lowest BCUT2D eigenvalue weighted by atomic mass is 10.2. The Bertz CT molecular complexity index is 1300. The minimum Gasteiger partial charge on any atom is -0.339 e. The van der Waals surface area contributed by atoms with Gasteiger partial charge in [-0.1, -0.05) is 51.5 Å². The van der Waals surface area contributed by atoms with E-state index in [1.807, 2.05) is 6.07 Å². The van der Waals surface area contributed by atoms with Crippen molar-refractivity contribution in [3.63, 3.8) is 0 Å². The smallest absolute Gasteiger partial charge is 0.234 e. The number of benzene rings is 1. The summed E-state index contributed by atoms with van der Waals surface area (Å²) < 4.78 is 5.72. The van der Waals surface area contributed by atoms with E-state index in [9.17, 15) is 9.59 Å². The van der Waals surface area contributed by atoms with Crippen LogP contribution in [0.25, 0.3) is 11.4 Å². The predicted molar refractivity (Wildman–Crippen MR) is 130 cm³/mol. The van der Waals surface area contributed by atoms with Crippen molar-refractivity contribution < 1.29 is 14.1 Å². The molecule has 1 aromatic carbocycles. The van der Waals surface area contributed by atoms with Crippen LogP contribution < -0.4 is 10.6 Å². The van der Waals surface area contributed by atoms with Gasteiger partial charge in [0.2, 0.25) is 28.7 Å². The van der Waals surface area contributed by atoms with Gasteiger partial charge in [-0.25, -0.2) is 0 Å². The molecule has 4 rings (SSSR count). The van der Waals surface area contributed by atoms with Crippen LogP contribution in [0.15, 0.2) is 51.6 Å². The predicted octanol–water partition coefficient (Wildman–Crippen LogP) is 4.59. The fraction of sp³-hybridized carbons (Fsp3) is 0.150. The summed E-state index contributed by atoms with van der Waals surface area (Å²) in [6, 6.07) is 8.42. The fourth-order valence-electron chi connectivity index (χ4n) is 2.59. The zero-order valence-electron chi connectivity index (χ0n) is 17.2. The van der Waals surface area contributed by atoms with E-state index in [1.165, 1.54) is 23.1 Å². The first kappa shape index (κ1) is 24.1. The summed E-state index contributed by atoms with van der Waals surface area (Å²) in [5.74, 6) is 0.354. The third kappa shape index (κ3) is 6.73. The highest BCUT2D eigenvalue weighted by atomic mass is 35.5. The average Bonchev–Trinajstić information content (AvgIpc) is 3.49. The van der Waals surface area contributed by atoms with Gasteiger partial charge in [0.25, 0.3) is 0 Å². The Kier molecular flexibility index (Phi) is 8.06. The standard InChI is InChI=1S/C20H15Cl2N7O3S2/c21-13-4-3-12(8-14(13)22)24-16(31)10-33-20-28-27-19(34-20)25-15(30)5-6-17-26-18(29-32-17)11-2-1-7-23-9-11/h1-4,7-9H,5-6,10H2,(H,24,31)(H,25,27,30). The molecule has 0 saturated heterocycles. The summed E-state index contributed by atoms with van der Waals surface area (Å²) in [5, 5.41) is 18.3. The number of anilines is 2. The number of pyridine rings is 1. The van der Waals surface area contributed by atoms with Crippen molar-refractivity contribution in [3.05, 3.63) is 58.7 Å². The van der Waals surface area contributed by atoms with E-state index in [1.54, 1.807) is 36.7 Å². The second-order valence-corrected chi connectivity index (χ2v) is 9.65. The van der Waals surface area contributed by atoms with Gasteiger partial charge in [0.1, 0.15) is 0 Å². The maximum atomic E-state index is 12.2. The van der Waals surface area contributed by atoms with Crippen LogP contribution in [0.2, 0.25) is 10.0 Å². The van der Waals surface area contributed by atoms with E-state index in [0.717, 1.165) is 5.56 Å². The molecule has 3 heterocycles. The van der Waals surface area contributed by atoms with Crippen LogP contribution >= 0.6 is 46.3 Å². The average molecular weight is 536 g/mol. The molecule has 0 bridgehead atoms. The third-order valence-electron chi connectivity index (χ3n) is 4.14. The molecule has 4 aromatic rings. The molecule has 3 aromatic heterocycles. The molecule has 0 aliphatic carbocycles. The Morgan fingerprint density at radius 2 is 1.97 bits per heavy atom. The largest absolute Gasteiger partial charge is 0.339 e. The highest BCUT2D eigenvalue weighted by Gasteiger charge is 2.14. The zero-order chi connectivity index (χ0) is 23.9. The van der Waals surface area contributed by atoms with E-state index < -0.39 is 0 Å². The van der Waals surface area contributed by atoms with Crippen LogP contribution in [0.4, 0.5) is 10.8 Å². The summed E-state index contributed by atoms with van der Waals surface area (Å²) in [5.41, 5.74) is 1.27. The van der Waals surface area contributed by atoms with Gasteiger partial charge >= 0.3 is 0 Å². The molecule has 0 fully saturated rings. The number of carbonyl (C=O) groups is 2. The molecule has 0 spiro atoms. The summed E-state index contributed by atoms with van der Waals surface area (Å²) in [7, 11) is 0. The number of halogens is 2. The van der Waals surface area contributed by atoms with Gasteiger partial charge in [0, 0.05) is 36.5 Å². The van der Waals surface area contributed by atoms with Crippen molar-refractivity contribution in [2.24, 2.45) is 0 Å². The van der Waals surface area contributed by atoms with Crippen molar-refractivity contribution in [1.29, 1.82) is 0 Å². The Morgan fingerprint density at radius 1 is 1.09 bits per heavy atom. The van der Waals surface area contributed by atoms with Crippen LogP contribution in [-0.2, 0) is 16.0 Å². The van der Waals surface area contributed by atoms with E-state index in [2.05, 4.69) is 36.0 Å². The fourth-order valence-corrected chi connectivity index (χ4v) is 4.45. The van der Waals surface area contributed by atoms with Crippen molar-refractivity contribution in [1.82, 2.24) is 25.3 Å². The van der Waals surface area contributed by atoms with E-state index in [0.29, 0.717) is 36.9 Å². The molecule has 0 aliphatic heterocycles. The number of hydrogen-bond donors (Lipinski definition) is 2. The van der Waals surface area contributed by atoms with Gasteiger partial charge in [-0.3, -0.25) is 14.6 Å². The Hall–Kier alpha value is -3.06. The van der Waals surface area contributed by atoms with Gasteiger partial charge in [-0.2, -0.15) is 4.98 Å². The summed E-state index contributed by atoms with van der Waals surface area (Å²) in [6.07, 6.45) is 3.68. The van der Waals surface area contributed by atoms with Crippen molar-refractivity contribution >= 4 is 68.9 Å². The molecular weight excluding hydrogens is 521 g/mol. The number of hydrogen-bond acceptors (Lipinski definition) is 10. The monoisotopic (exact) mass is 535 g/mol. The minimum absolute atomic E-state index is 0.110. The molecule has 10 nitrogen and oxygen atoms in total. The molecule has 174 valence electrons. The van der Waals surface area contributed by atoms with Crippen molar-refractivity contribution in [3.8, 4) is 11.4 Å². The molecule has 0 saturated carbocycles. The van der Waals surface area contributed by atoms with E-state index in [-0.39, 0.29) is 30.4 Å². The second kappa shape index (κ2) is 11.4. The normalized spacial score (nSPS) is 10.8. The lowest BCUT2D eigenvalue weighted by Crippen LogP contribution is -2.13. The second-order valence-electron chi connectivity index (χ2n) is 6.64. The highest BCUT2D eigenvalue weighted by molar-refractivity contribution is 8.01. The van der Waals surface area contributed by atoms with E-state index in [4.69, 9.17) is 27.7 Å². The Morgan fingerprint density at radius 3 is 2.76 bits per heavy atom. The number of rotatable bonds is 9. The number of amides is 2. The number of carbonyl (C=O) groups excluding carboxylic acids is 2. The van der Waals surface area contributed by atoms with Gasteiger partial charge in [-0.15, -0.1) is 10.2 Å². The van der Waals surface area contributed by atoms with Crippen LogP contribution in [0, 0.1) is 0 Å². The number of thioether (sulfide) groups is 1. The quantitative estimate of drug-likeness (QED) is 0.232. The number of nitrogens with one attached hydrogen (secondary N) is 2. The first-order valence-corrected chi connectivity index (χ1v) is 12.3. The molecule has 0 radical (unpaired) electrons. The zero-order valence-corrected chi connectivity index (χ0v) is 20.3. The van der Waals surface area contributed by atoms with Gasteiger partial charge in [0.15, 0.2) is 4.34 Å². The molecular formula is C20H15Cl2N7O3S2. The Labute approximate surface area is 211 Å². The number of aryl methyl sites for hydroxylation is 1. The molecule has 0 atom stereocenters. The SMILES string of the molecule is O=C(CSc1nnc(NC(=O)CCc2nc(-c3cccnc3)no2)s1)Nc1ccc(Cl)c(Cl)c1. The number of nitrogens with zero attached hydrogens (tertiary/aromatic N) is 5. The Balaban J connectivity index is 1.21. The van der Waals surface area contributed by atoms with Crippen LogP contribution in [0.3, 0.4) is 0 Å². The molecule has 2 amide bonds. The molecule has 34 heavy (non-hydrogen) atoms. The van der Waals surface area contributed by atoms with Gasteiger partial charge in [-0.05, 0) is 30.3 Å². The maximum Gasteiger partial charge on any atom is 0.234 e. The van der Waals surface area contributed by atoms with E-state index >= 15 is 0 Å². The highest BCUT2D eigenvalue weighted by Crippen LogP contribution is 2.27. The summed E-state index contributed by atoms with van der Waals surface area (Å²) in [6.45, 7) is 0. The van der Waals surface area contributed by atoms with Crippen LogP contribution in [0.5, 0.6) is 0 Å². The molecule has 0 unspecified atom stereocenters. The van der Waals surface area contributed by atoms with Crippen LogP contribution in [0.1, 0.15) is 12.3 Å². The van der Waals surface area contributed by atoms with Crippen LogP contribution in [-0.4, -0.2) is 42.9 Å². The minimum atomic E-state index is -0.272. The third-order valence-corrected chi connectivity index (χ3v) is 6.85. The van der Waals surface area contributed by atoms with Gasteiger partial charge in [0.05, 0.1) is 15.8 Å². The first-order chi connectivity index (χ1) is 16.5. The molecule has 14 heteroatoms. The summed E-state index contributed by atoms with van der Waals surface area (Å²) in [4.78, 5) is 32.6. The molecule has 0 aliphatic rings. The maximum absolute atomic E-state index is 12.2. The lowest BCUT2D eigenvalue weighted by Gasteiger charge is -2.05.